The van der Waals surface area contributed by atoms with Crippen LogP contribution in [0.5, 0.6) is 0 Å². The predicted molar refractivity (Wildman–Crippen MR) is 151 cm³/mol. The molecule has 0 amide bonds. The van der Waals surface area contributed by atoms with E-state index in [0.717, 1.165) is 33.3 Å². The van der Waals surface area contributed by atoms with Crippen molar-refractivity contribution in [3.63, 3.8) is 0 Å². The molecule has 18 nitrogen and oxygen atoms in total. The number of hydrogen-bond donors (Lipinski definition) is 3. The molecule has 2 aliphatic rings. The Morgan fingerprint density at radius 2 is 1.61 bits per heavy atom. The first-order valence-electron chi connectivity index (χ1n) is 13.1. The molecule has 4 heterocycles. The summed E-state index contributed by atoms with van der Waals surface area (Å²) in [6.07, 6.45) is -5.43. The topological polar surface area (TPSA) is 217 Å². The highest BCUT2D eigenvalue weighted by atomic mass is 31.2. The van der Waals surface area contributed by atoms with Gasteiger partial charge >= 0.3 is 26.6 Å². The van der Waals surface area contributed by atoms with Gasteiger partial charge in [0.05, 0.1) is 19.3 Å². The minimum absolute atomic E-state index is 0.136. The summed E-state index contributed by atoms with van der Waals surface area (Å²) in [5.74, 6) is 1.14. The maximum absolute atomic E-state index is 15.0. The summed E-state index contributed by atoms with van der Waals surface area (Å²) in [5.41, 5.74) is -3.13. The second kappa shape index (κ2) is 13.7. The molecule has 2 aromatic rings. The van der Waals surface area contributed by atoms with Gasteiger partial charge in [0.15, 0.2) is 18.6 Å². The summed E-state index contributed by atoms with van der Waals surface area (Å²) in [7, 11) is -2.46. The molecule has 2 aromatic heterocycles. The average molecular weight is 666 g/mol. The quantitative estimate of drug-likeness (QED) is 0.260. The molecule has 2 saturated heterocycles. The van der Waals surface area contributed by atoms with Crippen LogP contribution in [0, 0.1) is 0 Å². The molecule has 4 rings (SSSR count). The van der Waals surface area contributed by atoms with E-state index in [2.05, 4.69) is 4.98 Å². The van der Waals surface area contributed by atoms with Gasteiger partial charge < -0.3 is 28.2 Å². The number of halogens is 1. The van der Waals surface area contributed by atoms with Gasteiger partial charge in [-0.1, -0.05) is 0 Å². The molecule has 0 spiro atoms. The Morgan fingerprint density at radius 3 is 2.16 bits per heavy atom. The molecule has 0 aromatic carbocycles. The third-order valence-electron chi connectivity index (χ3n) is 6.93. The number of hydrogen-bond acceptors (Lipinski definition) is 12. The lowest BCUT2D eigenvalue weighted by molar-refractivity contribution is -0.0896. The van der Waals surface area contributed by atoms with E-state index in [1.807, 2.05) is 4.98 Å². The summed E-state index contributed by atoms with van der Waals surface area (Å²) in [5, 5.41) is 10.5. The number of ether oxygens (including phenoxy) is 2. The second-order valence-corrected chi connectivity index (χ2v) is 14.6. The Balaban J connectivity index is 1.61. The second-order valence-electron chi connectivity index (χ2n) is 9.92. The Morgan fingerprint density at radius 1 is 1.02 bits per heavy atom. The van der Waals surface area contributed by atoms with Crippen LogP contribution in [0.3, 0.4) is 0 Å². The van der Waals surface area contributed by atoms with E-state index in [-0.39, 0.29) is 13.1 Å². The van der Waals surface area contributed by atoms with Crippen molar-refractivity contribution in [3.05, 3.63) is 78.1 Å². The first kappa shape index (κ1) is 34.1. The van der Waals surface area contributed by atoms with Gasteiger partial charge in [-0.15, -0.1) is 0 Å². The summed E-state index contributed by atoms with van der Waals surface area (Å²) in [4.78, 5) is 51.9. The van der Waals surface area contributed by atoms with Crippen LogP contribution in [0.15, 0.2) is 55.6 Å². The highest BCUT2D eigenvalue weighted by molar-refractivity contribution is 7.57. The van der Waals surface area contributed by atoms with Gasteiger partial charge in [0.25, 0.3) is 11.1 Å². The number of alkyl halides is 1. The fourth-order valence-corrected chi connectivity index (χ4v) is 7.33. The third kappa shape index (κ3) is 7.18. The fourth-order valence-electron chi connectivity index (χ4n) is 4.58. The van der Waals surface area contributed by atoms with E-state index in [4.69, 9.17) is 23.0 Å². The van der Waals surface area contributed by atoms with Gasteiger partial charge in [0.2, 0.25) is 0 Å². The number of H-pyrrole nitrogens is 2. The molecule has 2 fully saturated rings. The number of aromatic amines is 2. The largest absolute Gasteiger partial charge is 0.387 e. The first-order chi connectivity index (χ1) is 20.7. The first-order valence-corrected chi connectivity index (χ1v) is 16.2. The lowest BCUT2D eigenvalue weighted by atomic mass is 10.1. The van der Waals surface area contributed by atoms with Crippen LogP contribution >= 0.6 is 15.3 Å². The molecule has 0 saturated carbocycles. The van der Waals surface area contributed by atoms with Crippen molar-refractivity contribution in [2.24, 2.45) is 0 Å². The molecule has 44 heavy (non-hydrogen) atoms. The fraction of sp³-hybridized carbons (Fsp3) is 0.565. The third-order valence-corrected chi connectivity index (χ3v) is 11.0. The zero-order chi connectivity index (χ0) is 32.4. The highest BCUT2D eigenvalue weighted by Crippen LogP contribution is 2.55. The Bertz CT molecular complexity index is 1680. The zero-order valence-corrected chi connectivity index (χ0v) is 25.8. The minimum Gasteiger partial charge on any atom is -0.387 e. The summed E-state index contributed by atoms with van der Waals surface area (Å²) >= 11 is 0. The van der Waals surface area contributed by atoms with Crippen molar-refractivity contribution < 1.29 is 41.7 Å². The van der Waals surface area contributed by atoms with Gasteiger partial charge in [-0.05, 0) is 20.2 Å². The molecule has 3 N–H and O–H groups in total. The van der Waals surface area contributed by atoms with Gasteiger partial charge in [0, 0.05) is 51.1 Å². The number of aliphatic hydroxyl groups excluding tert-OH is 1. The van der Waals surface area contributed by atoms with Crippen molar-refractivity contribution in [1.82, 2.24) is 28.4 Å². The molecule has 244 valence electrons. The van der Waals surface area contributed by atoms with E-state index in [1.54, 1.807) is 0 Å². The Hall–Kier alpha value is -2.83. The van der Waals surface area contributed by atoms with E-state index < -0.39 is 81.3 Å². The number of aliphatic hydroxyl groups is 1. The van der Waals surface area contributed by atoms with Crippen LogP contribution in [-0.4, -0.2) is 106 Å². The molecule has 0 radical (unpaired) electrons. The van der Waals surface area contributed by atoms with Crippen LogP contribution in [0.1, 0.15) is 12.5 Å². The number of morpholine rings is 1. The van der Waals surface area contributed by atoms with E-state index >= 15 is 4.39 Å². The summed E-state index contributed by atoms with van der Waals surface area (Å²) in [6.45, 7) is -0.953. The van der Waals surface area contributed by atoms with Crippen molar-refractivity contribution >= 4 is 15.3 Å². The number of aromatic nitrogens is 4. The van der Waals surface area contributed by atoms with Crippen LogP contribution in [0.2, 0.25) is 0 Å². The number of nitrogens with one attached hydrogen (secondary N) is 2. The number of nitrogens with zero attached hydrogens (tertiary/aromatic N) is 4. The van der Waals surface area contributed by atoms with E-state index in [0.29, 0.717) is 0 Å². The van der Waals surface area contributed by atoms with Gasteiger partial charge in [-0.25, -0.2) is 23.3 Å². The van der Waals surface area contributed by atoms with Crippen molar-refractivity contribution in [3.8, 4) is 0 Å². The monoisotopic (exact) mass is 666 g/mol. The normalized spacial score (nSPS) is 28.1. The molecule has 0 aliphatic carbocycles. The van der Waals surface area contributed by atoms with Gasteiger partial charge in [-0.3, -0.25) is 37.8 Å². The van der Waals surface area contributed by atoms with Crippen LogP contribution in [0.4, 0.5) is 4.39 Å². The maximum Gasteiger partial charge on any atom is 0.353 e. The number of rotatable bonds is 11. The van der Waals surface area contributed by atoms with Crippen molar-refractivity contribution in [2.75, 3.05) is 48.0 Å². The smallest absolute Gasteiger partial charge is 0.353 e. The van der Waals surface area contributed by atoms with E-state index in [9.17, 15) is 33.4 Å². The lowest BCUT2D eigenvalue weighted by Gasteiger charge is -2.42. The highest BCUT2D eigenvalue weighted by Gasteiger charge is 2.48. The van der Waals surface area contributed by atoms with Crippen LogP contribution < -0.4 is 22.5 Å². The molecule has 21 heteroatoms. The van der Waals surface area contributed by atoms with Crippen molar-refractivity contribution in [1.29, 1.82) is 0 Å². The molecular formula is C23H33FN6O12P2. The minimum atomic E-state index is -4.07. The van der Waals surface area contributed by atoms with Gasteiger partial charge in [0.1, 0.15) is 12.2 Å². The standard InChI is InChI=1S/C23H33FN6O12P2/c1-27(2)44(37,40-13-15-20(33)19(24)21(42-15)30-9-6-17(32)26-23(30)35)28-11-14(7-10-43(36,38-3)39-4)41-18(12-28)29-8-5-16(31)25-22(29)34/h5-10,14-15,18-21,33H,11-13H2,1-4H3,(H,25,31,34)(H,26,32,35)/b10-7+/t14-,15-,18-,19-,20-,21-,44?/m1/s1. The average Bonchev–Trinajstić information content (AvgIpc) is 3.27. The summed E-state index contributed by atoms with van der Waals surface area (Å²) < 4.78 is 73.6. The molecule has 7 atom stereocenters. The predicted octanol–water partition coefficient (Wildman–Crippen LogP) is -0.431. The zero-order valence-electron chi connectivity index (χ0n) is 24.0. The lowest BCUT2D eigenvalue weighted by Crippen LogP contribution is -2.48. The molecule has 0 bridgehead atoms. The Kier molecular flexibility index (Phi) is 10.6. The van der Waals surface area contributed by atoms with Crippen LogP contribution in [-0.2, 0) is 32.2 Å². The molecule has 1 unspecified atom stereocenters. The Labute approximate surface area is 248 Å². The van der Waals surface area contributed by atoms with Gasteiger partial charge in [-0.2, -0.15) is 0 Å². The molecular weight excluding hydrogens is 633 g/mol. The maximum atomic E-state index is 15.0. The molecule has 2 aliphatic heterocycles. The van der Waals surface area contributed by atoms with Crippen LogP contribution in [0.25, 0.3) is 0 Å². The summed E-state index contributed by atoms with van der Waals surface area (Å²) in [6, 6.07) is 2.08. The SMILES string of the molecule is COP(=O)(/C=C/[C@@H]1CN(P(=O)(OC[C@H]2O[C@@H](n3ccc(=O)[nH]c3=O)[C@H](F)[C@@H]2O)N(C)C)C[C@H](n2ccc(=O)[nH]c2=O)O1)OC. The van der Waals surface area contributed by atoms with E-state index in [1.165, 1.54) is 49.9 Å². The van der Waals surface area contributed by atoms with Crippen molar-refractivity contribution in [2.45, 2.75) is 36.9 Å².